The standard InChI is InChI=1S/C28H27N5O11/c1-29-24-23(25(36)30(2)28(29)39)44-27(38)26(37)43-21-15-31(11-12-32(21)24)10-5-13-42-20-9-8-16(33(40)41)14-18(20)22(35)17-6-3-4-7-19(17)34/h3-4,6-9,14,21,34H,5,10-13,15H2,1-2H3. The van der Waals surface area contributed by atoms with Crippen LogP contribution >= 0.6 is 0 Å². The van der Waals surface area contributed by atoms with Crippen LogP contribution in [-0.4, -0.2) is 80.8 Å². The van der Waals surface area contributed by atoms with E-state index in [9.17, 15) is 39.2 Å². The van der Waals surface area contributed by atoms with Crippen LogP contribution in [-0.2, 0) is 28.4 Å². The molecule has 0 bridgehead atoms. The first-order valence-electron chi connectivity index (χ1n) is 13.4. The van der Waals surface area contributed by atoms with Crippen LogP contribution in [0.15, 0.2) is 52.1 Å². The number of benzene rings is 2. The van der Waals surface area contributed by atoms with Gasteiger partial charge in [-0.1, -0.05) is 12.1 Å². The third kappa shape index (κ3) is 5.61. The van der Waals surface area contributed by atoms with Crippen LogP contribution in [0.2, 0.25) is 0 Å². The van der Waals surface area contributed by atoms with Gasteiger partial charge < -0.3 is 24.2 Å². The minimum Gasteiger partial charge on any atom is -0.507 e. The Morgan fingerprint density at radius 3 is 2.52 bits per heavy atom. The minimum absolute atomic E-state index is 0.0201. The Morgan fingerprint density at radius 2 is 1.80 bits per heavy atom. The lowest BCUT2D eigenvalue weighted by atomic mass is 10.0. The van der Waals surface area contributed by atoms with E-state index in [2.05, 4.69) is 0 Å². The number of hydrogen-bond donors (Lipinski definition) is 1. The average molecular weight is 610 g/mol. The number of phenolic OH excluding ortho intramolecular Hbond substituents is 1. The van der Waals surface area contributed by atoms with Crippen molar-refractivity contribution >= 4 is 29.2 Å². The predicted molar refractivity (Wildman–Crippen MR) is 151 cm³/mol. The molecule has 0 aliphatic carbocycles. The number of aromatic hydroxyl groups is 1. The number of phenols is 1. The number of anilines is 1. The summed E-state index contributed by atoms with van der Waals surface area (Å²) in [6, 6.07) is 9.45. The van der Waals surface area contributed by atoms with E-state index in [0.29, 0.717) is 19.5 Å². The van der Waals surface area contributed by atoms with Crippen LogP contribution in [0.5, 0.6) is 17.2 Å². The number of carbonyl (C=O) groups is 3. The fourth-order valence-electron chi connectivity index (χ4n) is 5.09. The molecule has 2 aliphatic rings. The van der Waals surface area contributed by atoms with Crippen molar-refractivity contribution in [1.29, 1.82) is 0 Å². The highest BCUT2D eigenvalue weighted by molar-refractivity contribution is 6.30. The number of rotatable bonds is 8. The van der Waals surface area contributed by atoms with Gasteiger partial charge in [-0.25, -0.2) is 14.4 Å². The monoisotopic (exact) mass is 609 g/mol. The Bertz CT molecular complexity index is 1800. The third-order valence-corrected chi connectivity index (χ3v) is 7.33. The van der Waals surface area contributed by atoms with Crippen molar-refractivity contribution < 1.29 is 38.6 Å². The van der Waals surface area contributed by atoms with Gasteiger partial charge in [-0.15, -0.1) is 0 Å². The lowest BCUT2D eigenvalue weighted by molar-refractivity contribution is -0.384. The molecule has 44 heavy (non-hydrogen) atoms. The van der Waals surface area contributed by atoms with Crippen LogP contribution in [0.25, 0.3) is 0 Å². The molecule has 16 nitrogen and oxygen atoms in total. The SMILES string of the molecule is Cn1c2c(c(=O)n(C)c1=O)OC(=O)C(=O)OC1CN(CCCOc3ccc([N+](=O)[O-])cc3C(=O)c3ccccc3O)CCN21. The second-order valence-electron chi connectivity index (χ2n) is 10.1. The molecular weight excluding hydrogens is 582 g/mol. The Balaban J connectivity index is 1.29. The zero-order valence-corrected chi connectivity index (χ0v) is 23.6. The van der Waals surface area contributed by atoms with Crippen LogP contribution < -0.4 is 25.6 Å². The summed E-state index contributed by atoms with van der Waals surface area (Å²) in [6.07, 6.45) is -0.599. The highest BCUT2D eigenvalue weighted by Crippen LogP contribution is 2.31. The quantitative estimate of drug-likeness (QED) is 0.0917. The molecule has 3 heterocycles. The van der Waals surface area contributed by atoms with Gasteiger partial charge in [0, 0.05) is 45.9 Å². The van der Waals surface area contributed by atoms with Crippen LogP contribution in [0.4, 0.5) is 11.5 Å². The molecule has 2 aromatic carbocycles. The van der Waals surface area contributed by atoms with Gasteiger partial charge in [0.05, 0.1) is 29.2 Å². The summed E-state index contributed by atoms with van der Waals surface area (Å²) in [4.78, 5) is 77.3. The largest absolute Gasteiger partial charge is 0.507 e. The van der Waals surface area contributed by atoms with Crippen molar-refractivity contribution in [3.63, 3.8) is 0 Å². The molecule has 2 aliphatic heterocycles. The molecule has 0 amide bonds. The van der Waals surface area contributed by atoms with E-state index < -0.39 is 45.9 Å². The number of non-ortho nitro benzene ring substituents is 1. The maximum Gasteiger partial charge on any atom is 0.423 e. The fraction of sp³-hybridized carbons (Fsp3) is 0.321. The van der Waals surface area contributed by atoms with Crippen LogP contribution in [0, 0.1) is 10.1 Å². The summed E-state index contributed by atoms with van der Waals surface area (Å²) in [5.41, 5.74) is -1.95. The molecule has 1 N–H and O–H groups in total. The predicted octanol–water partition coefficient (Wildman–Crippen LogP) is 0.308. The molecule has 16 heteroatoms. The van der Waals surface area contributed by atoms with Crippen molar-refractivity contribution in [3.8, 4) is 17.2 Å². The number of aromatic nitrogens is 2. The van der Waals surface area contributed by atoms with Gasteiger partial charge in [0.1, 0.15) is 11.5 Å². The number of piperazine rings is 1. The van der Waals surface area contributed by atoms with Gasteiger partial charge in [-0.05, 0) is 24.6 Å². The molecule has 5 rings (SSSR count). The van der Waals surface area contributed by atoms with Crippen LogP contribution in [0.1, 0.15) is 22.3 Å². The zero-order chi connectivity index (χ0) is 31.7. The second kappa shape index (κ2) is 12.0. The van der Waals surface area contributed by atoms with E-state index in [1.807, 2.05) is 4.90 Å². The van der Waals surface area contributed by atoms with E-state index >= 15 is 0 Å². The molecule has 1 saturated heterocycles. The molecule has 1 fully saturated rings. The number of esters is 2. The minimum atomic E-state index is -1.38. The molecule has 0 radical (unpaired) electrons. The smallest absolute Gasteiger partial charge is 0.423 e. The van der Waals surface area contributed by atoms with E-state index in [1.165, 1.54) is 43.3 Å². The van der Waals surface area contributed by atoms with E-state index in [-0.39, 0.29) is 53.8 Å². The van der Waals surface area contributed by atoms with Gasteiger partial charge in [0.15, 0.2) is 12.0 Å². The first kappa shape index (κ1) is 30.0. The summed E-state index contributed by atoms with van der Waals surface area (Å²) < 4.78 is 18.1. The van der Waals surface area contributed by atoms with Crippen molar-refractivity contribution in [2.45, 2.75) is 12.6 Å². The summed E-state index contributed by atoms with van der Waals surface area (Å²) in [5, 5.41) is 21.5. The molecule has 0 spiro atoms. The van der Waals surface area contributed by atoms with Crippen LogP contribution in [0.3, 0.4) is 0 Å². The van der Waals surface area contributed by atoms with Crippen molar-refractivity contribution in [3.05, 3.63) is 84.5 Å². The highest BCUT2D eigenvalue weighted by Gasteiger charge is 2.39. The maximum absolute atomic E-state index is 13.2. The van der Waals surface area contributed by atoms with Crippen molar-refractivity contribution in [2.75, 3.05) is 37.7 Å². The molecular formula is C28H27N5O11. The fourth-order valence-corrected chi connectivity index (χ4v) is 5.09. The van der Waals surface area contributed by atoms with E-state index in [1.54, 1.807) is 12.1 Å². The number of para-hydroxylation sites is 1. The average Bonchev–Trinajstić information content (AvgIpc) is 3.00. The zero-order valence-electron chi connectivity index (χ0n) is 23.6. The van der Waals surface area contributed by atoms with Gasteiger partial charge >= 0.3 is 23.2 Å². The van der Waals surface area contributed by atoms with Gasteiger partial charge in [0.25, 0.3) is 5.69 Å². The topological polar surface area (TPSA) is 193 Å². The number of ether oxygens (including phenoxy) is 3. The lowest BCUT2D eigenvalue weighted by Gasteiger charge is -2.42. The van der Waals surface area contributed by atoms with Gasteiger partial charge in [0.2, 0.25) is 11.5 Å². The lowest BCUT2D eigenvalue weighted by Crippen LogP contribution is -2.58. The maximum atomic E-state index is 13.2. The summed E-state index contributed by atoms with van der Waals surface area (Å²) in [7, 11) is 2.64. The third-order valence-electron chi connectivity index (χ3n) is 7.33. The number of nitrogens with zero attached hydrogens (tertiary/aromatic N) is 5. The molecule has 1 atom stereocenters. The second-order valence-corrected chi connectivity index (χ2v) is 10.1. The first-order chi connectivity index (χ1) is 21.0. The number of nitro groups is 1. The Hall–Kier alpha value is -5.51. The Morgan fingerprint density at radius 1 is 1.05 bits per heavy atom. The molecule has 1 unspecified atom stereocenters. The number of ketones is 1. The number of nitro benzene ring substituents is 1. The highest BCUT2D eigenvalue weighted by atomic mass is 16.6. The summed E-state index contributed by atoms with van der Waals surface area (Å²) in [6.45, 7) is 1.27. The molecule has 230 valence electrons. The molecule has 3 aromatic rings. The number of carbonyl (C=O) groups excluding carboxylic acids is 3. The van der Waals surface area contributed by atoms with E-state index in [0.717, 1.165) is 15.2 Å². The normalized spacial score (nSPS) is 16.6. The molecule has 1 aromatic heterocycles. The summed E-state index contributed by atoms with van der Waals surface area (Å²) >= 11 is 0. The Labute approximate surface area is 248 Å². The number of hydrogen-bond acceptors (Lipinski definition) is 13. The van der Waals surface area contributed by atoms with E-state index in [4.69, 9.17) is 14.2 Å². The molecule has 0 saturated carbocycles. The van der Waals surface area contributed by atoms with Gasteiger partial charge in [-0.3, -0.25) is 33.7 Å². The van der Waals surface area contributed by atoms with Crippen molar-refractivity contribution in [2.24, 2.45) is 14.1 Å². The van der Waals surface area contributed by atoms with Gasteiger partial charge in [-0.2, -0.15) is 0 Å². The Kier molecular flexibility index (Phi) is 8.17. The van der Waals surface area contributed by atoms with Crippen molar-refractivity contribution in [1.82, 2.24) is 14.0 Å². The number of fused-ring (bicyclic) bond motifs is 3. The summed E-state index contributed by atoms with van der Waals surface area (Å²) in [5.74, 6) is -3.92. The first-order valence-corrected chi connectivity index (χ1v) is 13.4.